The summed E-state index contributed by atoms with van der Waals surface area (Å²) in [5.41, 5.74) is 7.52. The summed E-state index contributed by atoms with van der Waals surface area (Å²) in [4.78, 5) is 11.3. The Hall–Kier alpha value is -1.40. The van der Waals surface area contributed by atoms with Gasteiger partial charge in [0.1, 0.15) is 6.61 Å². The van der Waals surface area contributed by atoms with Gasteiger partial charge < -0.3 is 15.8 Å². The summed E-state index contributed by atoms with van der Waals surface area (Å²) in [6, 6.07) is 0. The van der Waals surface area contributed by atoms with Crippen molar-refractivity contribution in [2.45, 2.75) is 19.8 Å². The number of H-pyrrole nitrogens is 1. The van der Waals surface area contributed by atoms with Crippen molar-refractivity contribution in [2.24, 2.45) is 5.73 Å². The number of amides is 1. The molecule has 1 amide bonds. The van der Waals surface area contributed by atoms with Crippen LogP contribution in [0.1, 0.15) is 17.7 Å². The number of nitrogens with one attached hydrogen (secondary N) is 2. The van der Waals surface area contributed by atoms with Crippen molar-refractivity contribution in [3.63, 3.8) is 0 Å². The lowest BCUT2D eigenvalue weighted by molar-refractivity contribution is -0.125. The largest absolute Gasteiger partial charge is 0.370 e. The zero-order valence-corrected chi connectivity index (χ0v) is 10.2. The van der Waals surface area contributed by atoms with Crippen molar-refractivity contribution in [3.8, 4) is 0 Å². The summed E-state index contributed by atoms with van der Waals surface area (Å²) in [7, 11) is 0. The van der Waals surface area contributed by atoms with Crippen LogP contribution in [-0.4, -0.2) is 42.4 Å². The van der Waals surface area contributed by atoms with E-state index in [9.17, 15) is 4.79 Å². The fourth-order valence-corrected chi connectivity index (χ4v) is 1.43. The maximum Gasteiger partial charge on any atom is 0.245 e. The highest BCUT2D eigenvalue weighted by Crippen LogP contribution is 2.04. The van der Waals surface area contributed by atoms with E-state index in [0.29, 0.717) is 19.7 Å². The molecule has 0 unspecified atom stereocenters. The summed E-state index contributed by atoms with van der Waals surface area (Å²) in [5, 5.41) is 9.61. The number of aromatic nitrogens is 2. The number of aromatic amines is 1. The summed E-state index contributed by atoms with van der Waals surface area (Å²) >= 11 is 0. The molecule has 0 atom stereocenters. The number of ether oxygens (including phenoxy) is 1. The van der Waals surface area contributed by atoms with E-state index in [1.54, 1.807) is 0 Å². The molecule has 0 aliphatic carbocycles. The highest BCUT2D eigenvalue weighted by atomic mass is 16.5. The lowest BCUT2D eigenvalue weighted by Crippen LogP contribution is -2.29. The van der Waals surface area contributed by atoms with Gasteiger partial charge in [-0.05, 0) is 25.3 Å². The molecule has 1 aromatic heterocycles. The van der Waals surface area contributed by atoms with Crippen molar-refractivity contribution < 1.29 is 9.53 Å². The number of hydrogen-bond donors (Lipinski definition) is 3. The molecule has 96 valence electrons. The van der Waals surface area contributed by atoms with E-state index in [1.165, 1.54) is 5.56 Å². The molecule has 6 heteroatoms. The van der Waals surface area contributed by atoms with Crippen LogP contribution in [0.5, 0.6) is 0 Å². The number of hydrogen-bond acceptors (Lipinski definition) is 4. The van der Waals surface area contributed by atoms with E-state index in [4.69, 9.17) is 10.5 Å². The highest BCUT2D eigenvalue weighted by Gasteiger charge is 2.02. The maximum atomic E-state index is 11.3. The SMILES string of the molecule is Cc1[nH]ncc1CCCNC(=O)COCCN. The van der Waals surface area contributed by atoms with Gasteiger partial charge in [-0.3, -0.25) is 9.89 Å². The van der Waals surface area contributed by atoms with Crippen molar-refractivity contribution >= 4 is 5.91 Å². The van der Waals surface area contributed by atoms with Crippen LogP contribution in [0.15, 0.2) is 6.20 Å². The van der Waals surface area contributed by atoms with Gasteiger partial charge in [-0.1, -0.05) is 0 Å². The van der Waals surface area contributed by atoms with Crippen LogP contribution in [0.4, 0.5) is 0 Å². The molecule has 0 saturated carbocycles. The minimum Gasteiger partial charge on any atom is -0.370 e. The molecule has 4 N–H and O–H groups in total. The minimum absolute atomic E-state index is 0.0853. The van der Waals surface area contributed by atoms with Crippen LogP contribution < -0.4 is 11.1 Å². The molecular formula is C11H20N4O2. The first-order valence-electron chi connectivity index (χ1n) is 5.77. The Morgan fingerprint density at radius 2 is 2.47 bits per heavy atom. The quantitative estimate of drug-likeness (QED) is 0.546. The highest BCUT2D eigenvalue weighted by molar-refractivity contribution is 5.77. The lowest BCUT2D eigenvalue weighted by atomic mass is 10.1. The third-order valence-corrected chi connectivity index (χ3v) is 2.37. The fourth-order valence-electron chi connectivity index (χ4n) is 1.43. The van der Waals surface area contributed by atoms with Gasteiger partial charge >= 0.3 is 0 Å². The molecule has 6 nitrogen and oxygen atoms in total. The van der Waals surface area contributed by atoms with Crippen LogP contribution in [0, 0.1) is 6.92 Å². The van der Waals surface area contributed by atoms with Crippen LogP contribution in [-0.2, 0) is 16.0 Å². The van der Waals surface area contributed by atoms with Gasteiger partial charge in [0, 0.05) is 18.8 Å². The number of nitrogens with two attached hydrogens (primary N) is 1. The predicted molar refractivity (Wildman–Crippen MR) is 64.5 cm³/mol. The molecule has 17 heavy (non-hydrogen) atoms. The van der Waals surface area contributed by atoms with Crippen LogP contribution in [0.3, 0.4) is 0 Å². The number of rotatable bonds is 8. The van der Waals surface area contributed by atoms with Gasteiger partial charge in [-0.2, -0.15) is 5.10 Å². The summed E-state index contributed by atoms with van der Waals surface area (Å²) < 4.78 is 5.01. The molecule has 1 aromatic rings. The van der Waals surface area contributed by atoms with Gasteiger partial charge in [0.2, 0.25) is 5.91 Å². The number of carbonyl (C=O) groups is 1. The Morgan fingerprint density at radius 1 is 1.65 bits per heavy atom. The molecule has 0 fully saturated rings. The average Bonchev–Trinajstić information content (AvgIpc) is 2.71. The first kappa shape index (κ1) is 13.7. The van der Waals surface area contributed by atoms with Gasteiger partial charge in [0.05, 0.1) is 12.8 Å². The van der Waals surface area contributed by atoms with Crippen molar-refractivity contribution in [1.82, 2.24) is 15.5 Å². The Morgan fingerprint density at radius 3 is 3.12 bits per heavy atom. The van der Waals surface area contributed by atoms with E-state index in [2.05, 4.69) is 15.5 Å². The standard InChI is InChI=1S/C11H20N4O2/c1-9-10(7-14-15-9)3-2-5-13-11(16)8-17-6-4-12/h7H,2-6,8,12H2,1H3,(H,13,16)(H,14,15). The molecule has 0 spiro atoms. The van der Waals surface area contributed by atoms with E-state index in [-0.39, 0.29) is 12.5 Å². The molecular weight excluding hydrogens is 220 g/mol. The van der Waals surface area contributed by atoms with Crippen LogP contribution >= 0.6 is 0 Å². The Bertz CT molecular complexity index is 338. The average molecular weight is 240 g/mol. The molecule has 0 aromatic carbocycles. The fraction of sp³-hybridized carbons (Fsp3) is 0.636. The predicted octanol–water partition coefficient (Wildman–Crippen LogP) is -0.258. The topological polar surface area (TPSA) is 93.0 Å². The third-order valence-electron chi connectivity index (χ3n) is 2.37. The number of nitrogens with zero attached hydrogens (tertiary/aromatic N) is 1. The van der Waals surface area contributed by atoms with Gasteiger partial charge in [-0.25, -0.2) is 0 Å². The van der Waals surface area contributed by atoms with E-state index in [1.807, 2.05) is 13.1 Å². The first-order valence-corrected chi connectivity index (χ1v) is 5.77. The molecule has 0 aliphatic rings. The Labute approximate surface area is 101 Å². The summed E-state index contributed by atoms with van der Waals surface area (Å²) in [6.45, 7) is 3.58. The normalized spacial score (nSPS) is 10.5. The van der Waals surface area contributed by atoms with Crippen molar-refractivity contribution in [2.75, 3.05) is 26.3 Å². The maximum absolute atomic E-state index is 11.3. The van der Waals surface area contributed by atoms with Gasteiger partial charge in [0.25, 0.3) is 0 Å². The van der Waals surface area contributed by atoms with E-state index >= 15 is 0 Å². The Kier molecular flexibility index (Phi) is 6.27. The molecule has 0 radical (unpaired) electrons. The first-order chi connectivity index (χ1) is 8.24. The molecule has 0 bridgehead atoms. The molecule has 1 heterocycles. The van der Waals surface area contributed by atoms with Gasteiger partial charge in [0.15, 0.2) is 0 Å². The molecule has 1 rings (SSSR count). The second kappa shape index (κ2) is 7.81. The molecule has 0 aliphatic heterocycles. The van der Waals surface area contributed by atoms with E-state index in [0.717, 1.165) is 18.5 Å². The Balaban J connectivity index is 2.04. The minimum atomic E-state index is -0.0950. The van der Waals surface area contributed by atoms with Crippen LogP contribution in [0.25, 0.3) is 0 Å². The van der Waals surface area contributed by atoms with Crippen molar-refractivity contribution in [1.29, 1.82) is 0 Å². The zero-order chi connectivity index (χ0) is 12.5. The summed E-state index contributed by atoms with van der Waals surface area (Å²) in [6.07, 6.45) is 3.62. The monoisotopic (exact) mass is 240 g/mol. The van der Waals surface area contributed by atoms with Crippen LogP contribution in [0.2, 0.25) is 0 Å². The number of carbonyl (C=O) groups excluding carboxylic acids is 1. The van der Waals surface area contributed by atoms with Gasteiger partial charge in [-0.15, -0.1) is 0 Å². The zero-order valence-electron chi connectivity index (χ0n) is 10.2. The third kappa shape index (κ3) is 5.46. The molecule has 0 saturated heterocycles. The van der Waals surface area contributed by atoms with Crippen molar-refractivity contribution in [3.05, 3.63) is 17.5 Å². The smallest absolute Gasteiger partial charge is 0.245 e. The number of aryl methyl sites for hydroxylation is 2. The lowest BCUT2D eigenvalue weighted by Gasteiger charge is -2.05. The summed E-state index contributed by atoms with van der Waals surface area (Å²) in [5.74, 6) is -0.0950. The second-order valence-corrected chi connectivity index (χ2v) is 3.82. The van der Waals surface area contributed by atoms with E-state index < -0.39 is 0 Å². The second-order valence-electron chi connectivity index (χ2n) is 3.82.